The van der Waals surface area contributed by atoms with Gasteiger partial charge in [0.2, 0.25) is 6.08 Å². The average Bonchev–Trinajstić information content (AvgIpc) is 2.23. The van der Waals surface area contributed by atoms with Gasteiger partial charge in [0.15, 0.2) is 0 Å². The fourth-order valence-electron chi connectivity index (χ4n) is 2.15. The minimum atomic E-state index is -0.432. The summed E-state index contributed by atoms with van der Waals surface area (Å²) >= 11 is 1.48. The number of nitrogens with zero attached hydrogens (tertiary/aromatic N) is 1. The van der Waals surface area contributed by atoms with E-state index in [1.54, 1.807) is 18.2 Å². The molecule has 0 heterocycles. The Morgan fingerprint density at radius 2 is 2.25 bits per heavy atom. The van der Waals surface area contributed by atoms with E-state index in [1.807, 2.05) is 12.3 Å². The van der Waals surface area contributed by atoms with Crippen molar-refractivity contribution >= 4 is 17.8 Å². The quantitative estimate of drug-likeness (QED) is 0.498. The number of carbonyl (C=O) groups excluding carboxylic acids is 1. The Morgan fingerprint density at radius 1 is 1.50 bits per heavy atom. The van der Waals surface area contributed by atoms with Crippen molar-refractivity contribution in [3.63, 3.8) is 0 Å². The van der Waals surface area contributed by atoms with Crippen molar-refractivity contribution in [3.05, 3.63) is 23.8 Å². The standard InChI is InChI=1S/C12H13NO2S/c1-16-11-9(4-2-5-10(11)15)12(13-8-14)6-3-7-12/h2,4-5,15H,3,6-7H2,1H3. The van der Waals surface area contributed by atoms with E-state index in [2.05, 4.69) is 4.99 Å². The largest absolute Gasteiger partial charge is 0.507 e. The van der Waals surface area contributed by atoms with Gasteiger partial charge in [0.05, 0.1) is 10.4 Å². The molecule has 0 radical (unpaired) electrons. The molecule has 0 bridgehead atoms. The number of aliphatic imine (C=N–C) groups is 1. The highest BCUT2D eigenvalue weighted by atomic mass is 32.2. The van der Waals surface area contributed by atoms with Gasteiger partial charge in [-0.15, -0.1) is 11.8 Å². The van der Waals surface area contributed by atoms with Crippen LogP contribution in [-0.2, 0) is 10.3 Å². The van der Waals surface area contributed by atoms with Crippen LogP contribution in [0.1, 0.15) is 24.8 Å². The van der Waals surface area contributed by atoms with Gasteiger partial charge in [-0.25, -0.2) is 4.79 Å². The second-order valence-corrected chi connectivity index (χ2v) is 4.76. The highest BCUT2D eigenvalue weighted by molar-refractivity contribution is 7.98. The smallest absolute Gasteiger partial charge is 0.235 e. The van der Waals surface area contributed by atoms with Gasteiger partial charge in [-0.2, -0.15) is 4.99 Å². The lowest BCUT2D eigenvalue weighted by Gasteiger charge is -2.38. The molecule has 0 aromatic heterocycles. The maximum atomic E-state index is 10.5. The van der Waals surface area contributed by atoms with Crippen molar-refractivity contribution in [2.45, 2.75) is 29.7 Å². The third kappa shape index (κ3) is 1.64. The Morgan fingerprint density at radius 3 is 2.75 bits per heavy atom. The molecule has 1 aromatic rings. The summed E-state index contributed by atoms with van der Waals surface area (Å²) in [5.74, 6) is 0.261. The Bertz CT molecular complexity index is 448. The van der Waals surface area contributed by atoms with E-state index in [4.69, 9.17) is 0 Å². The van der Waals surface area contributed by atoms with Crippen molar-refractivity contribution in [2.75, 3.05) is 6.26 Å². The predicted molar refractivity (Wildman–Crippen MR) is 63.5 cm³/mol. The number of phenols is 1. The zero-order valence-corrected chi connectivity index (χ0v) is 9.88. The number of rotatable bonds is 3. The topological polar surface area (TPSA) is 49.7 Å². The van der Waals surface area contributed by atoms with E-state index in [9.17, 15) is 9.90 Å². The minimum absolute atomic E-state index is 0.261. The fraction of sp³-hybridized carbons (Fsp3) is 0.417. The van der Waals surface area contributed by atoms with Crippen molar-refractivity contribution in [1.29, 1.82) is 0 Å². The van der Waals surface area contributed by atoms with Crippen LogP contribution in [0.3, 0.4) is 0 Å². The first-order valence-corrected chi connectivity index (χ1v) is 6.41. The van der Waals surface area contributed by atoms with Crippen molar-refractivity contribution in [1.82, 2.24) is 0 Å². The molecule has 0 saturated heterocycles. The molecule has 1 aliphatic carbocycles. The molecule has 4 heteroatoms. The Labute approximate surface area is 98.6 Å². The van der Waals surface area contributed by atoms with E-state index in [0.717, 1.165) is 29.7 Å². The second-order valence-electron chi connectivity index (χ2n) is 3.95. The summed E-state index contributed by atoms with van der Waals surface area (Å²) < 4.78 is 0. The van der Waals surface area contributed by atoms with Crippen LogP contribution in [0.25, 0.3) is 0 Å². The van der Waals surface area contributed by atoms with Crippen LogP contribution in [0.15, 0.2) is 28.1 Å². The van der Waals surface area contributed by atoms with Crippen molar-refractivity contribution in [3.8, 4) is 5.75 Å². The maximum Gasteiger partial charge on any atom is 0.235 e. The number of thioether (sulfide) groups is 1. The van der Waals surface area contributed by atoms with E-state index < -0.39 is 5.54 Å². The lowest BCUT2D eigenvalue weighted by molar-refractivity contribution is 0.250. The van der Waals surface area contributed by atoms with Gasteiger partial charge >= 0.3 is 0 Å². The summed E-state index contributed by atoms with van der Waals surface area (Å²) in [4.78, 5) is 15.3. The molecule has 1 saturated carbocycles. The van der Waals surface area contributed by atoms with Crippen LogP contribution < -0.4 is 0 Å². The van der Waals surface area contributed by atoms with Gasteiger partial charge in [-0.1, -0.05) is 12.1 Å². The Kier molecular flexibility index (Phi) is 3.03. The third-order valence-electron chi connectivity index (χ3n) is 3.14. The molecule has 0 atom stereocenters. The first kappa shape index (κ1) is 11.2. The van der Waals surface area contributed by atoms with Gasteiger partial charge < -0.3 is 5.11 Å². The van der Waals surface area contributed by atoms with Crippen LogP contribution in [0.5, 0.6) is 5.75 Å². The van der Waals surface area contributed by atoms with Crippen LogP contribution in [0, 0.1) is 0 Å². The molecule has 1 aliphatic rings. The molecule has 1 fully saturated rings. The average molecular weight is 235 g/mol. The molecule has 0 spiro atoms. The van der Waals surface area contributed by atoms with E-state index in [0.29, 0.717) is 0 Å². The zero-order valence-electron chi connectivity index (χ0n) is 9.06. The third-order valence-corrected chi connectivity index (χ3v) is 3.98. The fourth-order valence-corrected chi connectivity index (χ4v) is 2.90. The van der Waals surface area contributed by atoms with Crippen LogP contribution >= 0.6 is 11.8 Å². The van der Waals surface area contributed by atoms with E-state index in [-0.39, 0.29) is 5.75 Å². The highest BCUT2D eigenvalue weighted by Crippen LogP contribution is 2.49. The second kappa shape index (κ2) is 4.32. The molecule has 0 unspecified atom stereocenters. The van der Waals surface area contributed by atoms with Crippen molar-refractivity contribution < 1.29 is 9.90 Å². The number of hydrogen-bond acceptors (Lipinski definition) is 4. The predicted octanol–water partition coefficient (Wildman–Crippen LogP) is 2.83. The molecule has 16 heavy (non-hydrogen) atoms. The van der Waals surface area contributed by atoms with Crippen LogP contribution in [0.4, 0.5) is 0 Å². The molecule has 2 rings (SSSR count). The van der Waals surface area contributed by atoms with Crippen molar-refractivity contribution in [2.24, 2.45) is 4.99 Å². The molecule has 3 nitrogen and oxygen atoms in total. The molecule has 0 aliphatic heterocycles. The number of phenolic OH excluding ortho intramolecular Hbond substituents is 1. The number of benzene rings is 1. The molecule has 0 amide bonds. The van der Waals surface area contributed by atoms with Gasteiger partial charge in [0.1, 0.15) is 5.75 Å². The van der Waals surface area contributed by atoms with Gasteiger partial charge in [0.25, 0.3) is 0 Å². The Hall–Kier alpha value is -1.25. The molecule has 1 N–H and O–H groups in total. The van der Waals surface area contributed by atoms with Crippen LogP contribution in [-0.4, -0.2) is 17.4 Å². The minimum Gasteiger partial charge on any atom is -0.507 e. The first-order valence-electron chi connectivity index (χ1n) is 5.19. The summed E-state index contributed by atoms with van der Waals surface area (Å²) in [5.41, 5.74) is 0.522. The number of isocyanates is 1. The summed E-state index contributed by atoms with van der Waals surface area (Å²) in [6.07, 6.45) is 6.36. The normalized spacial score (nSPS) is 17.3. The Balaban J connectivity index is 2.54. The number of aromatic hydroxyl groups is 1. The summed E-state index contributed by atoms with van der Waals surface area (Å²) in [6.45, 7) is 0. The highest BCUT2D eigenvalue weighted by Gasteiger charge is 2.40. The molecule has 84 valence electrons. The SMILES string of the molecule is CSc1c(O)cccc1C1(N=C=O)CCC1. The maximum absolute atomic E-state index is 10.5. The first-order chi connectivity index (χ1) is 7.73. The van der Waals surface area contributed by atoms with Crippen LogP contribution in [0.2, 0.25) is 0 Å². The molecular formula is C12H13NO2S. The summed E-state index contributed by atoms with van der Waals surface area (Å²) in [5, 5.41) is 9.78. The van der Waals surface area contributed by atoms with Gasteiger partial charge in [-0.3, -0.25) is 0 Å². The summed E-state index contributed by atoms with van der Waals surface area (Å²) in [7, 11) is 0. The van der Waals surface area contributed by atoms with Gasteiger partial charge in [0, 0.05) is 0 Å². The monoisotopic (exact) mass is 235 g/mol. The zero-order chi connectivity index (χ0) is 11.6. The van der Waals surface area contributed by atoms with E-state index >= 15 is 0 Å². The lowest BCUT2D eigenvalue weighted by atomic mass is 9.72. The molecule has 1 aromatic carbocycles. The number of hydrogen-bond donors (Lipinski definition) is 1. The molecular weight excluding hydrogens is 222 g/mol. The lowest BCUT2D eigenvalue weighted by Crippen LogP contribution is -2.32. The van der Waals surface area contributed by atoms with Gasteiger partial charge in [-0.05, 0) is 37.1 Å². The van der Waals surface area contributed by atoms with E-state index in [1.165, 1.54) is 11.8 Å². The summed E-state index contributed by atoms with van der Waals surface area (Å²) in [6, 6.07) is 5.39.